The molecule has 0 aromatic carbocycles. The zero-order valence-electron chi connectivity index (χ0n) is 12.3. The molecule has 0 aromatic heterocycles. The van der Waals surface area contributed by atoms with Crippen molar-refractivity contribution >= 4 is 0 Å². The summed E-state index contributed by atoms with van der Waals surface area (Å²) < 4.78 is 0. The third kappa shape index (κ3) is 4.76. The van der Waals surface area contributed by atoms with Crippen LogP contribution in [0, 0.1) is 17.2 Å². The van der Waals surface area contributed by atoms with Crippen molar-refractivity contribution in [3.63, 3.8) is 0 Å². The topological polar surface area (TPSA) is 56.3 Å². The van der Waals surface area contributed by atoms with E-state index in [9.17, 15) is 0 Å². The van der Waals surface area contributed by atoms with E-state index in [2.05, 4.69) is 15.9 Å². The Balaban J connectivity index is 1.63. The second-order valence-corrected chi connectivity index (χ2v) is 6.57. The third-order valence-corrected chi connectivity index (χ3v) is 4.63. The van der Waals surface area contributed by atoms with E-state index in [-0.39, 0.29) is 0 Å². The molecule has 4 heteroatoms. The van der Waals surface area contributed by atoms with Crippen molar-refractivity contribution < 1.29 is 0 Å². The van der Waals surface area contributed by atoms with Gasteiger partial charge >= 0.3 is 0 Å². The van der Waals surface area contributed by atoms with Crippen LogP contribution in [0.4, 0.5) is 0 Å². The first-order chi connectivity index (χ1) is 9.09. The van der Waals surface area contributed by atoms with E-state index in [1.807, 2.05) is 6.92 Å². The van der Waals surface area contributed by atoms with E-state index in [1.165, 1.54) is 58.4 Å². The molecule has 0 aromatic rings. The summed E-state index contributed by atoms with van der Waals surface area (Å²) in [6.07, 6.45) is 6.18. The molecule has 19 heavy (non-hydrogen) atoms. The molecule has 0 radical (unpaired) electrons. The fraction of sp³-hybridized carbons (Fsp3) is 0.933. The first-order valence-corrected chi connectivity index (χ1v) is 7.74. The number of nitrogens with zero attached hydrogens (tertiary/aromatic N) is 3. The van der Waals surface area contributed by atoms with Crippen LogP contribution in [0.5, 0.6) is 0 Å². The van der Waals surface area contributed by atoms with Gasteiger partial charge < -0.3 is 15.5 Å². The average molecular weight is 264 g/mol. The van der Waals surface area contributed by atoms with Crippen molar-refractivity contribution in [1.29, 1.82) is 5.26 Å². The Morgan fingerprint density at radius 1 is 1.16 bits per heavy atom. The molecule has 2 heterocycles. The monoisotopic (exact) mass is 264 g/mol. The van der Waals surface area contributed by atoms with Gasteiger partial charge in [-0.2, -0.15) is 5.26 Å². The maximum atomic E-state index is 8.93. The van der Waals surface area contributed by atoms with Gasteiger partial charge in [0.05, 0.1) is 6.07 Å². The smallest absolute Gasteiger partial charge is 0.102 e. The van der Waals surface area contributed by atoms with Crippen LogP contribution in [0.2, 0.25) is 0 Å². The first-order valence-electron chi connectivity index (χ1n) is 7.74. The lowest BCUT2D eigenvalue weighted by atomic mass is 9.95. The molecule has 0 amide bonds. The maximum Gasteiger partial charge on any atom is 0.102 e. The zero-order chi connectivity index (χ0) is 13.7. The lowest BCUT2D eigenvalue weighted by molar-refractivity contribution is 0.149. The summed E-state index contributed by atoms with van der Waals surface area (Å²) in [7, 11) is 0. The van der Waals surface area contributed by atoms with Crippen LogP contribution >= 0.6 is 0 Å². The molecule has 0 saturated carbocycles. The van der Waals surface area contributed by atoms with Crippen molar-refractivity contribution in [2.24, 2.45) is 11.7 Å². The fourth-order valence-corrected chi connectivity index (χ4v) is 3.17. The van der Waals surface area contributed by atoms with Crippen LogP contribution in [0.3, 0.4) is 0 Å². The van der Waals surface area contributed by atoms with Crippen LogP contribution in [0.15, 0.2) is 0 Å². The van der Waals surface area contributed by atoms with Gasteiger partial charge in [0, 0.05) is 13.1 Å². The van der Waals surface area contributed by atoms with Crippen LogP contribution in [-0.2, 0) is 0 Å². The highest BCUT2D eigenvalue weighted by atomic mass is 15.2. The van der Waals surface area contributed by atoms with Crippen molar-refractivity contribution in [1.82, 2.24) is 9.80 Å². The molecule has 0 bridgehead atoms. The predicted octanol–water partition coefficient (Wildman–Crippen LogP) is 1.43. The number of hydrogen-bond acceptors (Lipinski definition) is 4. The van der Waals surface area contributed by atoms with Crippen molar-refractivity contribution in [3.8, 4) is 6.07 Å². The van der Waals surface area contributed by atoms with Crippen molar-refractivity contribution in [2.45, 2.75) is 44.6 Å². The van der Waals surface area contributed by atoms with Gasteiger partial charge in [-0.3, -0.25) is 0 Å². The first kappa shape index (κ1) is 14.8. The lowest BCUT2D eigenvalue weighted by Gasteiger charge is -2.34. The molecule has 2 N–H and O–H groups in total. The minimum atomic E-state index is -0.660. The SMILES string of the molecule is CC(N)(C#N)CCN1CCC(CN2CCCC2)CC1. The van der Waals surface area contributed by atoms with Gasteiger partial charge in [-0.15, -0.1) is 0 Å². The van der Waals surface area contributed by atoms with Gasteiger partial charge in [0.2, 0.25) is 0 Å². The van der Waals surface area contributed by atoms with Crippen LogP contribution < -0.4 is 5.73 Å². The summed E-state index contributed by atoms with van der Waals surface area (Å²) in [5.74, 6) is 0.884. The molecule has 1 unspecified atom stereocenters. The van der Waals surface area contributed by atoms with Gasteiger partial charge in [0.15, 0.2) is 0 Å². The maximum absolute atomic E-state index is 8.93. The molecule has 2 rings (SSSR count). The number of likely N-dealkylation sites (tertiary alicyclic amines) is 2. The van der Waals surface area contributed by atoms with Gasteiger partial charge in [-0.05, 0) is 71.1 Å². The molecule has 0 aliphatic carbocycles. The molecular weight excluding hydrogens is 236 g/mol. The normalized spacial score (nSPS) is 26.2. The summed E-state index contributed by atoms with van der Waals surface area (Å²) in [5.41, 5.74) is 5.21. The molecular formula is C15H28N4. The second kappa shape index (κ2) is 6.69. The van der Waals surface area contributed by atoms with E-state index < -0.39 is 5.54 Å². The predicted molar refractivity (Wildman–Crippen MR) is 77.7 cm³/mol. The molecule has 0 spiro atoms. The summed E-state index contributed by atoms with van der Waals surface area (Å²) in [4.78, 5) is 5.11. The Hall–Kier alpha value is -0.630. The van der Waals surface area contributed by atoms with Crippen molar-refractivity contribution in [2.75, 3.05) is 39.3 Å². The van der Waals surface area contributed by atoms with Crippen LogP contribution in [-0.4, -0.2) is 54.6 Å². The van der Waals surface area contributed by atoms with Gasteiger partial charge in [0.25, 0.3) is 0 Å². The number of hydrogen-bond donors (Lipinski definition) is 1. The van der Waals surface area contributed by atoms with Gasteiger partial charge in [-0.1, -0.05) is 0 Å². The molecule has 2 aliphatic heterocycles. The second-order valence-electron chi connectivity index (χ2n) is 6.57. The number of nitrogens with two attached hydrogens (primary N) is 1. The molecule has 2 saturated heterocycles. The molecule has 2 fully saturated rings. The highest BCUT2D eigenvalue weighted by Crippen LogP contribution is 2.21. The molecule has 4 nitrogen and oxygen atoms in total. The van der Waals surface area contributed by atoms with Crippen molar-refractivity contribution in [3.05, 3.63) is 0 Å². The zero-order valence-corrected chi connectivity index (χ0v) is 12.3. The summed E-state index contributed by atoms with van der Waals surface area (Å²) in [5, 5.41) is 8.93. The Labute approximate surface area is 117 Å². The summed E-state index contributed by atoms with van der Waals surface area (Å²) >= 11 is 0. The Kier molecular flexibility index (Phi) is 5.20. The van der Waals surface area contributed by atoms with E-state index in [0.29, 0.717) is 0 Å². The average Bonchev–Trinajstić information content (AvgIpc) is 2.91. The Morgan fingerprint density at radius 2 is 1.79 bits per heavy atom. The summed E-state index contributed by atoms with van der Waals surface area (Å²) in [6.45, 7) is 9.09. The number of rotatable bonds is 5. The highest BCUT2D eigenvalue weighted by Gasteiger charge is 2.24. The van der Waals surface area contributed by atoms with E-state index >= 15 is 0 Å². The van der Waals surface area contributed by atoms with E-state index in [4.69, 9.17) is 11.0 Å². The minimum absolute atomic E-state index is 0.660. The van der Waals surface area contributed by atoms with Crippen LogP contribution in [0.25, 0.3) is 0 Å². The molecule has 1 atom stereocenters. The van der Waals surface area contributed by atoms with Gasteiger partial charge in [0.1, 0.15) is 5.54 Å². The van der Waals surface area contributed by atoms with E-state index in [1.54, 1.807) is 0 Å². The third-order valence-electron chi connectivity index (χ3n) is 4.63. The number of nitriles is 1. The van der Waals surface area contributed by atoms with Gasteiger partial charge in [-0.25, -0.2) is 0 Å². The fourth-order valence-electron chi connectivity index (χ4n) is 3.17. The van der Waals surface area contributed by atoms with E-state index in [0.717, 1.165) is 18.9 Å². The quantitative estimate of drug-likeness (QED) is 0.816. The standard InChI is InChI=1S/C15H28N4/c1-15(17,13-16)6-11-18-9-4-14(5-10-18)12-19-7-2-3-8-19/h14H,2-12,17H2,1H3. The Morgan fingerprint density at radius 3 is 2.37 bits per heavy atom. The largest absolute Gasteiger partial charge is 0.314 e. The number of piperidine rings is 1. The Bertz CT molecular complexity index is 307. The lowest BCUT2D eigenvalue weighted by Crippen LogP contribution is -2.42. The molecule has 2 aliphatic rings. The molecule has 108 valence electrons. The summed E-state index contributed by atoms with van der Waals surface area (Å²) in [6, 6.07) is 2.18. The minimum Gasteiger partial charge on any atom is -0.314 e. The highest BCUT2D eigenvalue weighted by molar-refractivity contribution is 5.01. The van der Waals surface area contributed by atoms with Crippen LogP contribution in [0.1, 0.15) is 39.0 Å².